The van der Waals surface area contributed by atoms with E-state index in [4.69, 9.17) is 0 Å². The van der Waals surface area contributed by atoms with Crippen LogP contribution in [-0.4, -0.2) is 22.7 Å². The Labute approximate surface area is 277 Å². The number of carbonyl (C=O) groups excluding carboxylic acids is 3. The molecule has 47 heavy (non-hydrogen) atoms. The van der Waals surface area contributed by atoms with E-state index < -0.39 is 17.1 Å². The van der Waals surface area contributed by atoms with Gasteiger partial charge in [-0.05, 0) is 78.0 Å². The molecule has 0 aliphatic heterocycles. The Morgan fingerprint density at radius 3 is 2.26 bits per heavy atom. The van der Waals surface area contributed by atoms with Crippen molar-refractivity contribution < 1.29 is 14.4 Å². The summed E-state index contributed by atoms with van der Waals surface area (Å²) in [6.07, 6.45) is 3.52. The van der Waals surface area contributed by atoms with Crippen LogP contribution in [0, 0.1) is 6.92 Å². The summed E-state index contributed by atoms with van der Waals surface area (Å²) in [6, 6.07) is 41.0. The van der Waals surface area contributed by atoms with E-state index in [0.717, 1.165) is 32.5 Å². The van der Waals surface area contributed by atoms with Crippen LogP contribution in [0.4, 0.5) is 11.4 Å². The number of nitrogens with one attached hydrogen (secondary N) is 4. The summed E-state index contributed by atoms with van der Waals surface area (Å²) in [5.41, 5.74) is 5.34. The molecule has 1 aromatic heterocycles. The molecule has 0 radical (unpaired) electrons. The van der Waals surface area contributed by atoms with Gasteiger partial charge < -0.3 is 20.9 Å². The molecular weight excluding hydrogens is 605 g/mol. The van der Waals surface area contributed by atoms with Crippen molar-refractivity contribution in [3.63, 3.8) is 0 Å². The molecule has 0 spiro atoms. The van der Waals surface area contributed by atoms with E-state index in [1.807, 2.05) is 116 Å². The number of H-pyrrole nitrogens is 1. The molecule has 0 saturated carbocycles. The second-order valence-corrected chi connectivity index (χ2v) is 12.1. The van der Waals surface area contributed by atoms with Crippen molar-refractivity contribution in [3.05, 3.63) is 168 Å². The molecule has 7 nitrogen and oxygen atoms in total. The molecule has 8 heteroatoms. The summed E-state index contributed by atoms with van der Waals surface area (Å²) in [6.45, 7) is 1.96. The van der Waals surface area contributed by atoms with Gasteiger partial charge in [0.1, 0.15) is 10.9 Å². The molecule has 0 saturated heterocycles. The molecule has 1 unspecified atom stereocenters. The van der Waals surface area contributed by atoms with Gasteiger partial charge in [0, 0.05) is 33.5 Å². The molecule has 5 aromatic carbocycles. The second kappa shape index (κ2) is 14.5. The first-order valence-electron chi connectivity index (χ1n) is 15.1. The first kappa shape index (κ1) is 31.1. The highest BCUT2D eigenvalue weighted by Crippen LogP contribution is 2.37. The third kappa shape index (κ3) is 8.06. The highest BCUT2D eigenvalue weighted by molar-refractivity contribution is 8.00. The Morgan fingerprint density at radius 1 is 0.723 bits per heavy atom. The maximum Gasteiger partial charge on any atom is 0.272 e. The number of benzene rings is 5. The monoisotopic (exact) mass is 636 g/mol. The maximum absolute atomic E-state index is 13.7. The number of aromatic nitrogens is 1. The predicted octanol–water partition coefficient (Wildman–Crippen LogP) is 8.36. The third-order valence-corrected chi connectivity index (χ3v) is 8.64. The molecule has 232 valence electrons. The highest BCUT2D eigenvalue weighted by Gasteiger charge is 2.23. The first-order valence-corrected chi connectivity index (χ1v) is 15.9. The highest BCUT2D eigenvalue weighted by atomic mass is 32.2. The van der Waals surface area contributed by atoms with Gasteiger partial charge in [-0.25, -0.2) is 0 Å². The molecular formula is C39H32N4O3S. The van der Waals surface area contributed by atoms with Gasteiger partial charge >= 0.3 is 0 Å². The second-order valence-electron chi connectivity index (χ2n) is 11.0. The zero-order valence-corrected chi connectivity index (χ0v) is 26.4. The number of carbonyl (C=O) groups is 3. The molecule has 3 amide bonds. The summed E-state index contributed by atoms with van der Waals surface area (Å²) in [7, 11) is 0. The van der Waals surface area contributed by atoms with Crippen LogP contribution in [0.15, 0.2) is 150 Å². The zero-order chi connectivity index (χ0) is 32.6. The Bertz CT molecular complexity index is 2070. The van der Waals surface area contributed by atoms with Gasteiger partial charge in [0.25, 0.3) is 11.8 Å². The fourth-order valence-electron chi connectivity index (χ4n) is 5.08. The summed E-state index contributed by atoms with van der Waals surface area (Å²) >= 11 is 1.38. The number of aryl methyl sites for hydroxylation is 1. The first-order chi connectivity index (χ1) is 22.9. The van der Waals surface area contributed by atoms with E-state index in [-0.39, 0.29) is 11.6 Å². The number of rotatable bonds is 10. The van der Waals surface area contributed by atoms with Crippen LogP contribution >= 0.6 is 11.8 Å². The molecule has 0 fully saturated rings. The Hall–Kier alpha value is -5.86. The molecule has 6 rings (SSSR count). The number of aromatic amines is 1. The SMILES string of the molecule is Cc1cccc(/C=C(/NC(=O)c2ccccc2)C(=O)Nc2cccc(SC(C(=O)Nc3ccc4cc[nH]c4c3)c3ccccc3)c2)c1. The normalized spacial score (nSPS) is 11.9. The molecule has 0 bridgehead atoms. The number of anilines is 2. The van der Waals surface area contributed by atoms with Crippen LogP contribution in [0.5, 0.6) is 0 Å². The minimum absolute atomic E-state index is 0.100. The molecule has 1 atom stereocenters. The van der Waals surface area contributed by atoms with Gasteiger partial charge in [-0.1, -0.05) is 90.5 Å². The average Bonchev–Trinajstić information content (AvgIpc) is 3.56. The maximum atomic E-state index is 13.7. The van der Waals surface area contributed by atoms with Crippen LogP contribution in [-0.2, 0) is 9.59 Å². The van der Waals surface area contributed by atoms with Crippen molar-refractivity contribution in [1.29, 1.82) is 0 Å². The van der Waals surface area contributed by atoms with Gasteiger partial charge in [-0.15, -0.1) is 11.8 Å². The van der Waals surface area contributed by atoms with Crippen LogP contribution in [0.25, 0.3) is 17.0 Å². The molecule has 4 N–H and O–H groups in total. The fraction of sp³-hybridized carbons (Fsp3) is 0.0513. The van der Waals surface area contributed by atoms with Crippen molar-refractivity contribution in [2.24, 2.45) is 0 Å². The van der Waals surface area contributed by atoms with Gasteiger partial charge in [0.15, 0.2) is 0 Å². The minimum Gasteiger partial charge on any atom is -0.361 e. The van der Waals surface area contributed by atoms with Crippen LogP contribution in [0.1, 0.15) is 32.3 Å². The van der Waals surface area contributed by atoms with Crippen molar-refractivity contribution in [1.82, 2.24) is 10.3 Å². The Morgan fingerprint density at radius 2 is 1.47 bits per heavy atom. The number of hydrogen-bond donors (Lipinski definition) is 4. The lowest BCUT2D eigenvalue weighted by molar-refractivity contribution is -0.116. The number of thioether (sulfide) groups is 1. The number of amides is 3. The predicted molar refractivity (Wildman–Crippen MR) is 190 cm³/mol. The minimum atomic E-state index is -0.566. The van der Waals surface area contributed by atoms with Crippen molar-refractivity contribution in [2.75, 3.05) is 10.6 Å². The summed E-state index contributed by atoms with van der Waals surface area (Å²) in [4.78, 5) is 44.4. The topological polar surface area (TPSA) is 103 Å². The van der Waals surface area contributed by atoms with Gasteiger partial charge in [-0.3, -0.25) is 14.4 Å². The van der Waals surface area contributed by atoms with Gasteiger partial charge in [-0.2, -0.15) is 0 Å². The van der Waals surface area contributed by atoms with E-state index in [1.165, 1.54) is 11.8 Å². The van der Waals surface area contributed by atoms with Crippen molar-refractivity contribution in [3.8, 4) is 0 Å². The fourth-order valence-corrected chi connectivity index (χ4v) is 6.17. The smallest absolute Gasteiger partial charge is 0.272 e. The van der Waals surface area contributed by atoms with E-state index in [0.29, 0.717) is 16.9 Å². The average molecular weight is 637 g/mol. The third-order valence-electron chi connectivity index (χ3n) is 7.39. The van der Waals surface area contributed by atoms with E-state index in [1.54, 1.807) is 36.4 Å². The summed E-state index contributed by atoms with van der Waals surface area (Å²) in [5.74, 6) is -1.04. The largest absolute Gasteiger partial charge is 0.361 e. The van der Waals surface area contributed by atoms with Crippen LogP contribution in [0.3, 0.4) is 0 Å². The Kier molecular flexibility index (Phi) is 9.60. The summed E-state index contributed by atoms with van der Waals surface area (Å²) < 4.78 is 0. The number of fused-ring (bicyclic) bond motifs is 1. The quantitative estimate of drug-likeness (QED) is 0.0896. The lowest BCUT2D eigenvalue weighted by Crippen LogP contribution is -2.30. The molecule has 6 aromatic rings. The van der Waals surface area contributed by atoms with Crippen molar-refractivity contribution in [2.45, 2.75) is 17.1 Å². The van der Waals surface area contributed by atoms with Gasteiger partial charge in [0.05, 0.1) is 0 Å². The lowest BCUT2D eigenvalue weighted by atomic mass is 10.1. The standard InChI is InChI=1S/C39H32N4O3S/c1-26-10-8-11-27(22-26)23-35(43-37(44)30-14-6-3-7-15-30)38(45)41-31-16-9-17-33(24-31)47-36(29-12-4-2-5-13-29)39(46)42-32-19-18-28-20-21-40-34(28)25-32/h2-25,36,40H,1H3,(H,41,45)(H,42,46)(H,43,44)/b35-23+. The van der Waals surface area contributed by atoms with Crippen molar-refractivity contribution >= 4 is 57.8 Å². The molecule has 0 aliphatic carbocycles. The molecule has 0 aliphatic rings. The number of hydrogen-bond acceptors (Lipinski definition) is 4. The van der Waals surface area contributed by atoms with E-state index in [9.17, 15) is 14.4 Å². The van der Waals surface area contributed by atoms with Crippen LogP contribution < -0.4 is 16.0 Å². The van der Waals surface area contributed by atoms with E-state index in [2.05, 4.69) is 20.9 Å². The zero-order valence-electron chi connectivity index (χ0n) is 25.6. The lowest BCUT2D eigenvalue weighted by Gasteiger charge is -2.18. The Balaban J connectivity index is 1.23. The summed E-state index contributed by atoms with van der Waals surface area (Å²) in [5, 5.41) is 9.28. The van der Waals surface area contributed by atoms with Gasteiger partial charge in [0.2, 0.25) is 5.91 Å². The molecule has 1 heterocycles. The van der Waals surface area contributed by atoms with Crippen LogP contribution in [0.2, 0.25) is 0 Å². The van der Waals surface area contributed by atoms with E-state index >= 15 is 0 Å².